The summed E-state index contributed by atoms with van der Waals surface area (Å²) in [5.41, 5.74) is 4.15. The molecule has 4 aromatic rings. The van der Waals surface area contributed by atoms with Crippen molar-refractivity contribution in [3.8, 4) is 11.4 Å². The number of alkyl carbamates (subject to hydrolysis) is 1. The molecule has 8 heteroatoms. The van der Waals surface area contributed by atoms with E-state index in [0.717, 1.165) is 22.5 Å². The Morgan fingerprint density at radius 3 is 2.32 bits per heavy atom. The second kappa shape index (κ2) is 12.2. The van der Waals surface area contributed by atoms with E-state index >= 15 is 0 Å². The molecule has 8 nitrogen and oxygen atoms in total. The molecule has 0 aliphatic carbocycles. The Hall–Kier alpha value is -4.85. The van der Waals surface area contributed by atoms with Crippen LogP contribution in [-0.2, 0) is 22.7 Å². The van der Waals surface area contributed by atoms with Gasteiger partial charge in [-0.25, -0.2) is 9.78 Å². The second-order valence-electron chi connectivity index (χ2n) is 8.27. The normalized spacial score (nSPS) is 11.0. The van der Waals surface area contributed by atoms with E-state index in [-0.39, 0.29) is 12.3 Å². The van der Waals surface area contributed by atoms with Gasteiger partial charge in [-0.2, -0.15) is 0 Å². The highest BCUT2D eigenvalue weighted by molar-refractivity contribution is 6.00. The molecule has 188 valence electrons. The van der Waals surface area contributed by atoms with Gasteiger partial charge in [-0.1, -0.05) is 66.7 Å². The standard InChI is InChI=1S/C29H28N4O4/c1-21-18-33(20-31-21)26-14-13-24(16-27(26)36-2)15-25(28(34)30-17-22-9-5-3-6-10-22)32-29(35)37-19-23-11-7-4-8-12-23/h3-16,18,20H,17,19H2,1-2H3,(H,30,34)(H,32,35)/b25-15-. The van der Waals surface area contributed by atoms with Gasteiger partial charge in [0.2, 0.25) is 0 Å². The van der Waals surface area contributed by atoms with Crippen molar-refractivity contribution in [2.45, 2.75) is 20.1 Å². The molecule has 0 unspecified atom stereocenters. The predicted octanol–water partition coefficient (Wildman–Crippen LogP) is 4.77. The first-order chi connectivity index (χ1) is 18.0. The Labute approximate surface area is 215 Å². The highest BCUT2D eigenvalue weighted by Crippen LogP contribution is 2.25. The number of hydrogen-bond donors (Lipinski definition) is 2. The summed E-state index contributed by atoms with van der Waals surface area (Å²) >= 11 is 0. The molecule has 0 saturated heterocycles. The fourth-order valence-electron chi connectivity index (χ4n) is 3.62. The number of benzene rings is 3. The molecule has 0 aliphatic rings. The summed E-state index contributed by atoms with van der Waals surface area (Å²) in [5, 5.41) is 5.44. The number of aromatic nitrogens is 2. The summed E-state index contributed by atoms with van der Waals surface area (Å²) in [4.78, 5) is 29.9. The Morgan fingerprint density at radius 1 is 0.973 bits per heavy atom. The quantitative estimate of drug-likeness (QED) is 0.326. The lowest BCUT2D eigenvalue weighted by Crippen LogP contribution is -2.34. The van der Waals surface area contributed by atoms with E-state index in [4.69, 9.17) is 9.47 Å². The van der Waals surface area contributed by atoms with Crippen molar-refractivity contribution in [3.05, 3.63) is 119 Å². The Morgan fingerprint density at radius 2 is 1.68 bits per heavy atom. The van der Waals surface area contributed by atoms with Crippen LogP contribution in [0.3, 0.4) is 0 Å². The molecule has 0 bridgehead atoms. The van der Waals surface area contributed by atoms with E-state index in [1.165, 1.54) is 0 Å². The molecule has 0 saturated carbocycles. The molecule has 1 heterocycles. The molecular weight excluding hydrogens is 468 g/mol. The van der Waals surface area contributed by atoms with Gasteiger partial charge in [0.1, 0.15) is 18.1 Å². The molecule has 4 rings (SSSR count). The van der Waals surface area contributed by atoms with Crippen molar-refractivity contribution in [1.82, 2.24) is 20.2 Å². The molecule has 37 heavy (non-hydrogen) atoms. The van der Waals surface area contributed by atoms with Gasteiger partial charge in [-0.15, -0.1) is 0 Å². The lowest BCUT2D eigenvalue weighted by Gasteiger charge is -2.13. The van der Waals surface area contributed by atoms with Gasteiger partial charge >= 0.3 is 6.09 Å². The van der Waals surface area contributed by atoms with Gasteiger partial charge in [0.15, 0.2) is 0 Å². The van der Waals surface area contributed by atoms with Gasteiger partial charge in [-0.05, 0) is 41.8 Å². The van der Waals surface area contributed by atoms with E-state index in [1.54, 1.807) is 25.6 Å². The van der Waals surface area contributed by atoms with Crippen LogP contribution in [0.5, 0.6) is 5.75 Å². The molecular formula is C29H28N4O4. The molecule has 0 atom stereocenters. The third-order valence-corrected chi connectivity index (χ3v) is 5.49. The number of nitrogens with zero attached hydrogens (tertiary/aromatic N) is 2. The minimum Gasteiger partial charge on any atom is -0.495 e. The number of carbonyl (C=O) groups excluding carboxylic acids is 2. The monoisotopic (exact) mass is 496 g/mol. The van der Waals surface area contributed by atoms with Gasteiger partial charge in [-0.3, -0.25) is 10.1 Å². The van der Waals surface area contributed by atoms with Crippen LogP contribution in [0.4, 0.5) is 4.79 Å². The van der Waals surface area contributed by atoms with Gasteiger partial charge in [0.05, 0.1) is 24.8 Å². The largest absolute Gasteiger partial charge is 0.495 e. The number of aryl methyl sites for hydroxylation is 1. The number of methoxy groups -OCH3 is 1. The minimum atomic E-state index is -0.734. The van der Waals surface area contributed by atoms with Crippen molar-refractivity contribution in [3.63, 3.8) is 0 Å². The van der Waals surface area contributed by atoms with Crippen LogP contribution in [-0.4, -0.2) is 28.7 Å². The van der Waals surface area contributed by atoms with Crippen LogP contribution < -0.4 is 15.4 Å². The number of ether oxygens (including phenoxy) is 2. The van der Waals surface area contributed by atoms with Gasteiger partial charge < -0.3 is 19.4 Å². The number of carbonyl (C=O) groups is 2. The first kappa shape index (κ1) is 25.2. The summed E-state index contributed by atoms with van der Waals surface area (Å²) in [6.07, 6.45) is 4.44. The van der Waals surface area contributed by atoms with Crippen LogP contribution in [0, 0.1) is 6.92 Å². The molecule has 0 aliphatic heterocycles. The maximum atomic E-state index is 13.1. The fraction of sp³-hybridized carbons (Fsp3) is 0.138. The van der Waals surface area contributed by atoms with E-state index in [0.29, 0.717) is 17.9 Å². The molecule has 1 aromatic heterocycles. The van der Waals surface area contributed by atoms with Gasteiger partial charge in [0.25, 0.3) is 5.91 Å². The Kier molecular flexibility index (Phi) is 8.33. The maximum Gasteiger partial charge on any atom is 0.412 e. The van der Waals surface area contributed by atoms with Crippen LogP contribution in [0.15, 0.2) is 97.1 Å². The number of imidazole rings is 1. The smallest absolute Gasteiger partial charge is 0.412 e. The van der Waals surface area contributed by atoms with Crippen LogP contribution >= 0.6 is 0 Å². The first-order valence-corrected chi connectivity index (χ1v) is 11.7. The number of amides is 2. The van der Waals surface area contributed by atoms with Crippen molar-refractivity contribution < 1.29 is 19.1 Å². The highest BCUT2D eigenvalue weighted by Gasteiger charge is 2.15. The van der Waals surface area contributed by atoms with Crippen LogP contribution in [0.1, 0.15) is 22.4 Å². The Bertz CT molecular complexity index is 1380. The number of hydrogen-bond acceptors (Lipinski definition) is 5. The Balaban J connectivity index is 1.55. The zero-order valence-corrected chi connectivity index (χ0v) is 20.7. The van der Waals surface area contributed by atoms with Crippen molar-refractivity contribution in [2.75, 3.05) is 7.11 Å². The zero-order chi connectivity index (χ0) is 26.0. The average molecular weight is 497 g/mol. The lowest BCUT2D eigenvalue weighted by atomic mass is 10.1. The molecule has 0 spiro atoms. The van der Waals surface area contributed by atoms with E-state index in [9.17, 15) is 9.59 Å². The van der Waals surface area contributed by atoms with Crippen molar-refractivity contribution >= 4 is 18.1 Å². The molecule has 0 fully saturated rings. The third-order valence-electron chi connectivity index (χ3n) is 5.49. The van der Waals surface area contributed by atoms with Crippen LogP contribution in [0.25, 0.3) is 11.8 Å². The zero-order valence-electron chi connectivity index (χ0n) is 20.7. The number of nitrogens with one attached hydrogen (secondary N) is 2. The van der Waals surface area contributed by atoms with E-state index in [1.807, 2.05) is 90.5 Å². The van der Waals surface area contributed by atoms with E-state index in [2.05, 4.69) is 15.6 Å². The van der Waals surface area contributed by atoms with Crippen molar-refractivity contribution in [1.29, 1.82) is 0 Å². The lowest BCUT2D eigenvalue weighted by molar-refractivity contribution is -0.117. The van der Waals surface area contributed by atoms with Crippen molar-refractivity contribution in [2.24, 2.45) is 0 Å². The van der Waals surface area contributed by atoms with E-state index < -0.39 is 12.0 Å². The van der Waals surface area contributed by atoms with Gasteiger partial charge in [0, 0.05) is 12.7 Å². The summed E-state index contributed by atoms with van der Waals surface area (Å²) in [7, 11) is 1.57. The molecule has 3 aromatic carbocycles. The second-order valence-corrected chi connectivity index (χ2v) is 8.27. The minimum absolute atomic E-state index is 0.0438. The topological polar surface area (TPSA) is 94.5 Å². The molecule has 2 N–H and O–H groups in total. The fourth-order valence-corrected chi connectivity index (χ4v) is 3.62. The summed E-state index contributed by atoms with van der Waals surface area (Å²) in [5.74, 6) is 0.135. The van der Waals surface area contributed by atoms with Crippen LogP contribution in [0.2, 0.25) is 0 Å². The third kappa shape index (κ3) is 7.08. The highest BCUT2D eigenvalue weighted by atomic mass is 16.5. The average Bonchev–Trinajstić information content (AvgIpc) is 3.37. The maximum absolute atomic E-state index is 13.1. The first-order valence-electron chi connectivity index (χ1n) is 11.7. The number of rotatable bonds is 9. The molecule has 0 radical (unpaired) electrons. The summed E-state index contributed by atoms with van der Waals surface area (Å²) in [6, 6.07) is 24.3. The SMILES string of the molecule is COc1cc(/C=C(\NC(=O)OCc2ccccc2)C(=O)NCc2ccccc2)ccc1-n1cnc(C)c1. The summed E-state index contributed by atoms with van der Waals surface area (Å²) < 4.78 is 12.8. The molecule has 2 amide bonds. The predicted molar refractivity (Wildman–Crippen MR) is 141 cm³/mol. The summed E-state index contributed by atoms with van der Waals surface area (Å²) in [6.45, 7) is 2.29.